The van der Waals surface area contributed by atoms with Crippen molar-refractivity contribution in [3.63, 3.8) is 0 Å². The van der Waals surface area contributed by atoms with Crippen molar-refractivity contribution in [1.29, 1.82) is 0 Å². The molecule has 0 aromatic heterocycles. The summed E-state index contributed by atoms with van der Waals surface area (Å²) < 4.78 is 27.5. The molecular weight excluding hydrogens is 354 g/mol. The molecule has 0 bridgehead atoms. The molecule has 1 saturated heterocycles. The van der Waals surface area contributed by atoms with Gasteiger partial charge in [0.25, 0.3) is 0 Å². The first kappa shape index (κ1) is 18.4. The first-order valence-corrected chi connectivity index (χ1v) is 11.0. The van der Waals surface area contributed by atoms with Crippen molar-refractivity contribution in [1.82, 2.24) is 4.31 Å². The number of piperidine rings is 1. The Bertz CT molecular complexity index is 876. The fourth-order valence-corrected chi connectivity index (χ4v) is 5.92. The third-order valence-electron chi connectivity index (χ3n) is 4.93. The normalized spacial score (nSPS) is 21.7. The zero-order chi connectivity index (χ0) is 18.4. The van der Waals surface area contributed by atoms with Gasteiger partial charge in [-0.3, -0.25) is 4.79 Å². The number of sulfonamides is 1. The molecule has 6 heteroatoms. The maximum absolute atomic E-state index is 13.0. The van der Waals surface area contributed by atoms with Crippen LogP contribution in [0, 0.1) is 12.8 Å². The number of nitrogens with zero attached hydrogens (tertiary/aromatic N) is 1. The topological polar surface area (TPSA) is 54.5 Å². The van der Waals surface area contributed by atoms with E-state index in [1.54, 1.807) is 12.1 Å². The molecule has 1 heterocycles. The number of rotatable bonds is 3. The fraction of sp³-hybridized carbons (Fsp3) is 0.421. The summed E-state index contributed by atoms with van der Waals surface area (Å²) in [6, 6.07) is 6.94. The quantitative estimate of drug-likeness (QED) is 0.756. The third-order valence-corrected chi connectivity index (χ3v) is 7.67. The Hall–Kier alpha value is -1.37. The Balaban J connectivity index is 1.97. The number of thioether (sulfide) groups is 1. The van der Waals surface area contributed by atoms with E-state index in [4.69, 9.17) is 0 Å². The summed E-state index contributed by atoms with van der Waals surface area (Å²) in [6.45, 7) is 6.57. The smallest absolute Gasteiger partial charge is 0.243 e. The van der Waals surface area contributed by atoms with Crippen LogP contribution < -0.4 is 0 Å². The lowest BCUT2D eigenvalue weighted by Gasteiger charge is -2.32. The highest BCUT2D eigenvalue weighted by Gasteiger charge is 2.43. The van der Waals surface area contributed by atoms with Gasteiger partial charge in [0.05, 0.1) is 9.80 Å². The molecule has 3 rings (SSSR count). The molecule has 134 valence electrons. The maximum Gasteiger partial charge on any atom is 0.243 e. The molecule has 1 aromatic carbocycles. The number of carbonyl (C=O) groups excluding carboxylic acids is 1. The monoisotopic (exact) mass is 377 g/mol. The second-order valence-corrected chi connectivity index (χ2v) is 9.53. The van der Waals surface area contributed by atoms with Crippen molar-refractivity contribution in [2.75, 3.05) is 19.3 Å². The van der Waals surface area contributed by atoms with Gasteiger partial charge in [-0.05, 0) is 51.2 Å². The van der Waals surface area contributed by atoms with Crippen molar-refractivity contribution < 1.29 is 13.2 Å². The van der Waals surface area contributed by atoms with Crippen LogP contribution in [0.1, 0.15) is 25.8 Å². The Morgan fingerprint density at radius 3 is 2.40 bits per heavy atom. The largest absolute Gasteiger partial charge is 0.288 e. The summed E-state index contributed by atoms with van der Waals surface area (Å²) in [6.07, 6.45) is 2.54. The van der Waals surface area contributed by atoms with Gasteiger partial charge in [0.1, 0.15) is 0 Å². The van der Waals surface area contributed by atoms with Crippen LogP contribution in [0.5, 0.6) is 0 Å². The van der Waals surface area contributed by atoms with E-state index in [1.807, 2.05) is 39.2 Å². The zero-order valence-electron chi connectivity index (χ0n) is 15.0. The molecule has 25 heavy (non-hydrogen) atoms. The fourth-order valence-electron chi connectivity index (χ4n) is 3.67. The summed E-state index contributed by atoms with van der Waals surface area (Å²) in [5.41, 5.74) is 3.90. The lowest BCUT2D eigenvalue weighted by molar-refractivity contribution is -0.111. The zero-order valence-corrected chi connectivity index (χ0v) is 16.6. The molecule has 0 N–H and O–H groups in total. The molecule has 1 unspecified atom stereocenters. The molecule has 1 fully saturated rings. The third kappa shape index (κ3) is 3.11. The SMILES string of the molecule is CSC1=C2CCN(S(=O)(=O)c3ccc(C)cc3)CC2C(=C(C)C)C1=O. The molecule has 1 aliphatic heterocycles. The van der Waals surface area contributed by atoms with E-state index in [2.05, 4.69) is 0 Å². The van der Waals surface area contributed by atoms with Gasteiger partial charge in [0.15, 0.2) is 5.78 Å². The first-order valence-electron chi connectivity index (χ1n) is 8.33. The number of fused-ring (bicyclic) bond motifs is 1. The summed E-state index contributed by atoms with van der Waals surface area (Å²) >= 11 is 1.48. The molecule has 1 aliphatic carbocycles. The van der Waals surface area contributed by atoms with E-state index in [9.17, 15) is 13.2 Å². The van der Waals surface area contributed by atoms with Gasteiger partial charge >= 0.3 is 0 Å². The van der Waals surface area contributed by atoms with Gasteiger partial charge in [0.2, 0.25) is 10.0 Å². The molecule has 1 atom stereocenters. The van der Waals surface area contributed by atoms with Crippen LogP contribution in [0.3, 0.4) is 0 Å². The van der Waals surface area contributed by atoms with Crippen LogP contribution >= 0.6 is 11.8 Å². The van der Waals surface area contributed by atoms with Crippen LogP contribution in [-0.4, -0.2) is 37.9 Å². The van der Waals surface area contributed by atoms with Crippen molar-refractivity contribution >= 4 is 27.6 Å². The lowest BCUT2D eigenvalue weighted by atomic mass is 9.89. The van der Waals surface area contributed by atoms with Crippen LogP contribution in [0.2, 0.25) is 0 Å². The molecule has 0 radical (unpaired) electrons. The Morgan fingerprint density at radius 2 is 1.84 bits per heavy atom. The highest BCUT2D eigenvalue weighted by atomic mass is 32.2. The Morgan fingerprint density at radius 1 is 1.20 bits per heavy atom. The van der Waals surface area contributed by atoms with E-state index in [1.165, 1.54) is 16.1 Å². The van der Waals surface area contributed by atoms with Gasteiger partial charge in [-0.2, -0.15) is 4.31 Å². The minimum absolute atomic E-state index is 0.0853. The van der Waals surface area contributed by atoms with E-state index < -0.39 is 10.0 Å². The predicted molar refractivity (Wildman–Crippen MR) is 102 cm³/mol. The van der Waals surface area contributed by atoms with Gasteiger partial charge < -0.3 is 0 Å². The summed E-state index contributed by atoms with van der Waals surface area (Å²) in [5, 5.41) is 0. The minimum Gasteiger partial charge on any atom is -0.288 e. The van der Waals surface area contributed by atoms with E-state index in [0.29, 0.717) is 24.4 Å². The molecular formula is C19H23NO3S2. The average molecular weight is 378 g/mol. The van der Waals surface area contributed by atoms with Crippen LogP contribution in [-0.2, 0) is 14.8 Å². The number of carbonyl (C=O) groups is 1. The van der Waals surface area contributed by atoms with Crippen molar-refractivity contribution in [2.24, 2.45) is 5.92 Å². The maximum atomic E-state index is 13.0. The molecule has 2 aliphatic rings. The van der Waals surface area contributed by atoms with Gasteiger partial charge in [0, 0.05) is 24.6 Å². The number of Topliss-reactive ketones (excluding diaryl/α,β-unsaturated/α-hetero) is 1. The van der Waals surface area contributed by atoms with Crippen LogP contribution in [0.25, 0.3) is 0 Å². The molecule has 0 saturated carbocycles. The van der Waals surface area contributed by atoms with Gasteiger partial charge in [-0.15, -0.1) is 11.8 Å². The second kappa shape index (κ2) is 6.74. The van der Waals surface area contributed by atoms with E-state index >= 15 is 0 Å². The minimum atomic E-state index is -3.54. The number of allylic oxidation sites excluding steroid dienone is 2. The average Bonchev–Trinajstić information content (AvgIpc) is 2.85. The van der Waals surface area contributed by atoms with Crippen molar-refractivity contribution in [3.8, 4) is 0 Å². The first-order chi connectivity index (χ1) is 11.8. The lowest BCUT2D eigenvalue weighted by Crippen LogP contribution is -2.40. The van der Waals surface area contributed by atoms with E-state index in [0.717, 1.165) is 27.2 Å². The Labute approximate surface area is 154 Å². The number of aryl methyl sites for hydroxylation is 1. The highest BCUT2D eigenvalue weighted by Crippen LogP contribution is 2.44. The van der Waals surface area contributed by atoms with Gasteiger partial charge in [-0.1, -0.05) is 23.3 Å². The predicted octanol–water partition coefficient (Wildman–Crippen LogP) is 3.54. The van der Waals surface area contributed by atoms with Crippen molar-refractivity contribution in [3.05, 3.63) is 51.5 Å². The van der Waals surface area contributed by atoms with Crippen LogP contribution in [0.4, 0.5) is 0 Å². The second-order valence-electron chi connectivity index (χ2n) is 6.78. The number of hydrogen-bond acceptors (Lipinski definition) is 4. The number of ketones is 1. The summed E-state index contributed by atoms with van der Waals surface area (Å²) in [5.74, 6) is -0.0176. The standard InChI is InChI=1S/C19H23NO3S2/c1-12(2)17-16-11-20(10-9-15(16)19(24-4)18(17)21)25(22,23)14-7-5-13(3)6-8-14/h5-8,16H,9-11H2,1-4H3. The van der Waals surface area contributed by atoms with Crippen molar-refractivity contribution in [2.45, 2.75) is 32.1 Å². The van der Waals surface area contributed by atoms with Crippen LogP contribution in [0.15, 0.2) is 50.8 Å². The molecule has 0 spiro atoms. The van der Waals surface area contributed by atoms with E-state index in [-0.39, 0.29) is 11.7 Å². The number of hydrogen-bond donors (Lipinski definition) is 0. The highest BCUT2D eigenvalue weighted by molar-refractivity contribution is 8.03. The summed E-state index contributed by atoms with van der Waals surface area (Å²) in [4.78, 5) is 13.8. The summed E-state index contributed by atoms with van der Waals surface area (Å²) in [7, 11) is -3.54. The van der Waals surface area contributed by atoms with Gasteiger partial charge in [-0.25, -0.2) is 8.42 Å². The Kier molecular flexibility index (Phi) is 4.97. The number of benzene rings is 1. The molecule has 0 amide bonds. The molecule has 1 aromatic rings. The molecule has 4 nitrogen and oxygen atoms in total.